The van der Waals surface area contributed by atoms with Crippen LogP contribution in [0.1, 0.15) is 46.0 Å². The Balaban J connectivity index is 1.79. The van der Waals surface area contributed by atoms with Crippen molar-refractivity contribution in [1.82, 2.24) is 0 Å². The van der Waals surface area contributed by atoms with E-state index in [1.165, 1.54) is 19.3 Å². The molecule has 5 aliphatic rings. The van der Waals surface area contributed by atoms with Crippen LogP contribution in [0.15, 0.2) is 20.5 Å². The first-order chi connectivity index (χ1) is 8.08. The Hall–Kier alpha value is -0.800. The molecule has 3 aliphatic carbocycles. The molecule has 3 unspecified atom stereocenters. The summed E-state index contributed by atoms with van der Waals surface area (Å²) >= 11 is 0. The van der Waals surface area contributed by atoms with E-state index in [2.05, 4.69) is 24.1 Å². The van der Waals surface area contributed by atoms with Gasteiger partial charge in [0.1, 0.15) is 0 Å². The van der Waals surface area contributed by atoms with Crippen molar-refractivity contribution in [2.75, 3.05) is 0 Å². The van der Waals surface area contributed by atoms with Gasteiger partial charge in [-0.25, -0.2) is 0 Å². The highest BCUT2D eigenvalue weighted by Gasteiger charge is 2.91. The smallest absolute Gasteiger partial charge is 0.0873 e. The molecule has 6 atom stereocenters. The summed E-state index contributed by atoms with van der Waals surface area (Å²) < 4.78 is 0. The molecule has 90 valence electrons. The van der Waals surface area contributed by atoms with Gasteiger partial charge >= 0.3 is 0 Å². The van der Waals surface area contributed by atoms with Crippen molar-refractivity contribution >= 4 is 0 Å². The normalized spacial score (nSPS) is 69.1. The maximum Gasteiger partial charge on any atom is 0.0873 e. The van der Waals surface area contributed by atoms with Crippen LogP contribution >= 0.6 is 0 Å². The highest BCUT2D eigenvalue weighted by atomic mass is 15.4. The number of hydrogen-bond donors (Lipinski definition) is 0. The van der Waals surface area contributed by atoms with Crippen LogP contribution in [0.3, 0.4) is 0 Å². The van der Waals surface area contributed by atoms with Crippen LogP contribution in [0, 0.1) is 10.8 Å². The molecule has 0 bridgehead atoms. The van der Waals surface area contributed by atoms with Crippen LogP contribution < -0.4 is 0 Å². The summed E-state index contributed by atoms with van der Waals surface area (Å²) in [7, 11) is 0. The Morgan fingerprint density at radius 1 is 0.824 bits per heavy atom. The minimum absolute atomic E-state index is 0.102. The van der Waals surface area contributed by atoms with Gasteiger partial charge in [0.15, 0.2) is 0 Å². The zero-order chi connectivity index (χ0) is 11.5. The average Bonchev–Trinajstić information content (AvgIpc) is 2.87. The van der Waals surface area contributed by atoms with E-state index in [0.29, 0.717) is 22.9 Å². The fourth-order valence-corrected chi connectivity index (χ4v) is 6.05. The van der Waals surface area contributed by atoms with Crippen LogP contribution in [0.25, 0.3) is 0 Å². The van der Waals surface area contributed by atoms with Crippen LogP contribution in [-0.4, -0.2) is 23.2 Å². The molecule has 0 radical (unpaired) electrons. The minimum Gasteiger partial charge on any atom is -0.190 e. The molecule has 5 rings (SSSR count). The molecule has 0 saturated heterocycles. The van der Waals surface area contributed by atoms with Crippen molar-refractivity contribution in [1.29, 1.82) is 0 Å². The maximum absolute atomic E-state index is 4.71. The lowest BCUT2D eigenvalue weighted by Gasteiger charge is -2.48. The molecule has 2 heterocycles. The van der Waals surface area contributed by atoms with Gasteiger partial charge in [0, 0.05) is 10.8 Å². The molecule has 2 spiro atoms. The van der Waals surface area contributed by atoms with Crippen LogP contribution in [0.4, 0.5) is 0 Å². The van der Waals surface area contributed by atoms with Gasteiger partial charge in [-0.1, -0.05) is 0 Å². The van der Waals surface area contributed by atoms with Crippen molar-refractivity contribution in [2.45, 2.75) is 69.1 Å². The Labute approximate surface area is 101 Å². The largest absolute Gasteiger partial charge is 0.190 e. The van der Waals surface area contributed by atoms with Gasteiger partial charge in [0.25, 0.3) is 0 Å². The van der Waals surface area contributed by atoms with E-state index in [4.69, 9.17) is 10.2 Å². The Bertz CT molecular complexity index is 456. The third-order valence-electron chi connectivity index (χ3n) is 6.93. The summed E-state index contributed by atoms with van der Waals surface area (Å²) in [6.45, 7) is 4.68. The molecular formula is C13H18N4. The summed E-state index contributed by atoms with van der Waals surface area (Å²) in [5.74, 6) is 0. The van der Waals surface area contributed by atoms with E-state index in [9.17, 15) is 0 Å². The highest BCUT2D eigenvalue weighted by Crippen LogP contribution is 2.87. The van der Waals surface area contributed by atoms with Crippen molar-refractivity contribution in [3.8, 4) is 0 Å². The zero-order valence-corrected chi connectivity index (χ0v) is 10.5. The predicted octanol–water partition coefficient (Wildman–Crippen LogP) is 3.14. The standard InChI is InChI=1S/C13H18N4/c1-10-5-3-9-13-7-12(10,13)8(14-16-10)4-6-11(13,2)17-15-9/h8-9H,3-7H2,1-2H3/t8-,9?,10+,11?,12-,13?/m0/s1. The van der Waals surface area contributed by atoms with E-state index in [-0.39, 0.29) is 11.1 Å². The number of rotatable bonds is 0. The minimum atomic E-state index is 0.102. The topological polar surface area (TPSA) is 49.4 Å². The second-order valence-electron chi connectivity index (χ2n) is 7.21. The monoisotopic (exact) mass is 230 g/mol. The lowest BCUT2D eigenvalue weighted by Crippen LogP contribution is -2.56. The second kappa shape index (κ2) is 2.10. The summed E-state index contributed by atoms with van der Waals surface area (Å²) in [5.41, 5.74) is 0.870. The van der Waals surface area contributed by atoms with E-state index < -0.39 is 0 Å². The van der Waals surface area contributed by atoms with Gasteiger partial charge in [0.05, 0.1) is 23.2 Å². The van der Waals surface area contributed by atoms with Gasteiger partial charge in [-0.2, -0.15) is 20.5 Å². The van der Waals surface area contributed by atoms with Gasteiger partial charge in [-0.05, 0) is 46.0 Å². The molecule has 4 heteroatoms. The zero-order valence-electron chi connectivity index (χ0n) is 10.5. The molecule has 4 nitrogen and oxygen atoms in total. The SMILES string of the molecule is CC12CC[C@@H]3N=N[C@]4(C)CCC(N=N1)C21C[C@@]314. The van der Waals surface area contributed by atoms with E-state index >= 15 is 0 Å². The van der Waals surface area contributed by atoms with Crippen LogP contribution in [0.2, 0.25) is 0 Å². The summed E-state index contributed by atoms with van der Waals surface area (Å²) in [6.07, 6.45) is 5.94. The van der Waals surface area contributed by atoms with Crippen molar-refractivity contribution in [3.63, 3.8) is 0 Å². The Morgan fingerprint density at radius 3 is 1.76 bits per heavy atom. The number of hydrogen-bond acceptors (Lipinski definition) is 4. The predicted molar refractivity (Wildman–Crippen MR) is 62.0 cm³/mol. The summed E-state index contributed by atoms with van der Waals surface area (Å²) in [5, 5.41) is 18.7. The molecule has 0 N–H and O–H groups in total. The van der Waals surface area contributed by atoms with Gasteiger partial charge in [0.2, 0.25) is 0 Å². The molecule has 0 amide bonds. The van der Waals surface area contributed by atoms with Crippen molar-refractivity contribution in [3.05, 3.63) is 0 Å². The quantitative estimate of drug-likeness (QED) is 0.614. The first kappa shape index (κ1) is 9.17. The lowest BCUT2D eigenvalue weighted by atomic mass is 9.55. The van der Waals surface area contributed by atoms with Gasteiger partial charge in [-0.15, -0.1) is 0 Å². The van der Waals surface area contributed by atoms with Crippen LogP contribution in [-0.2, 0) is 0 Å². The third-order valence-corrected chi connectivity index (χ3v) is 6.93. The van der Waals surface area contributed by atoms with Crippen molar-refractivity contribution in [2.24, 2.45) is 31.3 Å². The number of nitrogens with zero attached hydrogens (tertiary/aromatic N) is 4. The average molecular weight is 230 g/mol. The molecule has 0 aromatic carbocycles. The second-order valence-corrected chi connectivity index (χ2v) is 7.21. The van der Waals surface area contributed by atoms with E-state index in [1.807, 2.05) is 0 Å². The molecule has 0 aromatic rings. The van der Waals surface area contributed by atoms with Gasteiger partial charge in [-0.3, -0.25) is 0 Å². The van der Waals surface area contributed by atoms with E-state index in [1.54, 1.807) is 0 Å². The maximum atomic E-state index is 4.71. The first-order valence-electron chi connectivity index (χ1n) is 6.92. The molecule has 3 fully saturated rings. The lowest BCUT2D eigenvalue weighted by molar-refractivity contribution is 0.0488. The molecule has 0 aromatic heterocycles. The van der Waals surface area contributed by atoms with E-state index in [0.717, 1.165) is 12.8 Å². The first-order valence-corrected chi connectivity index (χ1v) is 6.92. The van der Waals surface area contributed by atoms with Gasteiger partial charge < -0.3 is 0 Å². The molecule has 17 heavy (non-hydrogen) atoms. The third kappa shape index (κ3) is 0.604. The summed E-state index contributed by atoms with van der Waals surface area (Å²) in [4.78, 5) is 0. The van der Waals surface area contributed by atoms with Crippen molar-refractivity contribution < 1.29 is 0 Å². The molecule has 3 saturated carbocycles. The molecule has 2 aliphatic heterocycles. The Morgan fingerprint density at radius 2 is 1.29 bits per heavy atom. The number of azo groups is 2. The summed E-state index contributed by atoms with van der Waals surface area (Å²) in [6, 6.07) is 0.957. The Kier molecular flexibility index (Phi) is 1.13. The molecular weight excluding hydrogens is 212 g/mol. The highest BCUT2D eigenvalue weighted by molar-refractivity contribution is 5.43. The fourth-order valence-electron chi connectivity index (χ4n) is 6.05. The fraction of sp³-hybridized carbons (Fsp3) is 1.00. The van der Waals surface area contributed by atoms with Crippen LogP contribution in [0.5, 0.6) is 0 Å².